The molecule has 174 valence electrons. The van der Waals surface area contributed by atoms with E-state index in [1.807, 2.05) is 35.2 Å². The number of carbonyl (C=O) groups excluding carboxylic acids is 2. The number of aromatic nitrogens is 1. The largest absolute Gasteiger partial charge is 0.484 e. The van der Waals surface area contributed by atoms with E-state index in [4.69, 9.17) is 9.15 Å². The molecule has 2 amide bonds. The van der Waals surface area contributed by atoms with Crippen molar-refractivity contribution in [2.24, 2.45) is 5.92 Å². The van der Waals surface area contributed by atoms with Gasteiger partial charge in [0.05, 0.1) is 6.04 Å². The van der Waals surface area contributed by atoms with Crippen LogP contribution in [-0.4, -0.2) is 34.3 Å². The van der Waals surface area contributed by atoms with E-state index in [9.17, 15) is 9.59 Å². The fourth-order valence-corrected chi connectivity index (χ4v) is 4.59. The molecule has 2 saturated carbocycles. The Kier molecular flexibility index (Phi) is 5.32. The molecule has 0 bridgehead atoms. The lowest BCUT2D eigenvalue weighted by Crippen LogP contribution is -2.41. The molecule has 0 spiro atoms. The number of oxazole rings is 1. The Morgan fingerprint density at radius 1 is 1.09 bits per heavy atom. The molecular weight excluding hydrogens is 430 g/mol. The van der Waals surface area contributed by atoms with Crippen LogP contribution in [0.1, 0.15) is 64.8 Å². The smallest absolute Gasteiger partial charge is 0.273 e. The van der Waals surface area contributed by atoms with Crippen molar-refractivity contribution in [3.05, 3.63) is 83.1 Å². The van der Waals surface area contributed by atoms with Gasteiger partial charge in [-0.05, 0) is 60.9 Å². The van der Waals surface area contributed by atoms with Crippen LogP contribution in [0.2, 0.25) is 0 Å². The van der Waals surface area contributed by atoms with Gasteiger partial charge in [-0.2, -0.15) is 0 Å². The van der Waals surface area contributed by atoms with Crippen molar-refractivity contribution in [3.63, 3.8) is 0 Å². The van der Waals surface area contributed by atoms with Gasteiger partial charge in [-0.3, -0.25) is 9.59 Å². The Morgan fingerprint density at radius 2 is 1.91 bits per heavy atom. The second-order valence-electron chi connectivity index (χ2n) is 9.39. The Morgan fingerprint density at radius 3 is 2.68 bits per heavy atom. The molecule has 0 radical (unpaired) electrons. The summed E-state index contributed by atoms with van der Waals surface area (Å²) in [7, 11) is 0. The molecule has 1 aromatic heterocycles. The number of nitrogens with one attached hydrogen (secondary N) is 1. The molecule has 2 aromatic carbocycles. The fraction of sp³-hybridized carbons (Fsp3) is 0.370. The Bertz CT molecular complexity index is 1210. The zero-order valence-corrected chi connectivity index (χ0v) is 18.9. The van der Waals surface area contributed by atoms with E-state index in [0.717, 1.165) is 49.8 Å². The predicted molar refractivity (Wildman–Crippen MR) is 124 cm³/mol. The van der Waals surface area contributed by atoms with E-state index in [-0.39, 0.29) is 42.1 Å². The lowest BCUT2D eigenvalue weighted by molar-refractivity contribution is -0.134. The molecule has 2 aliphatic carbocycles. The molecule has 1 atom stereocenters. The highest BCUT2D eigenvalue weighted by Crippen LogP contribution is 2.41. The van der Waals surface area contributed by atoms with E-state index >= 15 is 0 Å². The zero-order chi connectivity index (χ0) is 23.1. The molecule has 0 saturated heterocycles. The van der Waals surface area contributed by atoms with Gasteiger partial charge in [0.15, 0.2) is 12.3 Å². The average molecular weight is 458 g/mol. The number of ether oxygens (including phenoxy) is 1. The van der Waals surface area contributed by atoms with Crippen LogP contribution in [0, 0.1) is 5.92 Å². The monoisotopic (exact) mass is 457 g/mol. The maximum atomic E-state index is 13.1. The number of carbonyl (C=O) groups is 2. The minimum atomic E-state index is -0.211. The predicted octanol–water partition coefficient (Wildman–Crippen LogP) is 4.03. The summed E-state index contributed by atoms with van der Waals surface area (Å²) in [5, 5.41) is 2.90. The van der Waals surface area contributed by atoms with Crippen molar-refractivity contribution in [1.29, 1.82) is 0 Å². The van der Waals surface area contributed by atoms with Crippen LogP contribution < -0.4 is 10.1 Å². The molecular formula is C27H27N3O4. The number of hydrogen-bond donors (Lipinski definition) is 1. The van der Waals surface area contributed by atoms with Crippen LogP contribution >= 0.6 is 0 Å². The van der Waals surface area contributed by atoms with Gasteiger partial charge >= 0.3 is 0 Å². The van der Waals surface area contributed by atoms with Crippen LogP contribution in [0.15, 0.2) is 59.2 Å². The summed E-state index contributed by atoms with van der Waals surface area (Å²) in [6.07, 6.45) is 6.22. The Hall–Kier alpha value is -3.61. The van der Waals surface area contributed by atoms with E-state index in [1.54, 1.807) is 0 Å². The molecule has 6 rings (SSSR count). The fourth-order valence-electron chi connectivity index (χ4n) is 4.59. The van der Waals surface area contributed by atoms with Crippen LogP contribution in [-0.2, 0) is 17.8 Å². The standard InChI is InChI=1S/C27H27N3O4/c31-26(28-20-9-10-20)23-15-34-24(29-23)16-33-21-11-8-17-12-13-30(27(32)19-6-7-19)25(22(17)14-21)18-4-2-1-3-5-18/h1-5,8,11,14-15,19-20,25H,6-7,9-10,12-13,16H2,(H,28,31)/t25-/m1/s1. The molecule has 34 heavy (non-hydrogen) atoms. The molecule has 1 N–H and O–H groups in total. The summed E-state index contributed by atoms with van der Waals surface area (Å²) in [6.45, 7) is 0.848. The summed E-state index contributed by atoms with van der Waals surface area (Å²) >= 11 is 0. The second-order valence-corrected chi connectivity index (χ2v) is 9.39. The lowest BCUT2D eigenvalue weighted by atomic mass is 9.87. The van der Waals surface area contributed by atoms with E-state index < -0.39 is 0 Å². The number of hydrogen-bond acceptors (Lipinski definition) is 5. The van der Waals surface area contributed by atoms with Crippen molar-refractivity contribution in [3.8, 4) is 5.75 Å². The Labute approximate surface area is 198 Å². The Balaban J connectivity index is 1.22. The third kappa shape index (κ3) is 4.30. The number of nitrogens with zero attached hydrogens (tertiary/aromatic N) is 2. The third-order valence-electron chi connectivity index (χ3n) is 6.73. The third-order valence-corrected chi connectivity index (χ3v) is 6.73. The van der Waals surface area contributed by atoms with Crippen LogP contribution in [0.4, 0.5) is 0 Å². The van der Waals surface area contributed by atoms with Crippen molar-refractivity contribution < 1.29 is 18.7 Å². The quantitative estimate of drug-likeness (QED) is 0.579. The van der Waals surface area contributed by atoms with Crippen molar-refractivity contribution in [1.82, 2.24) is 15.2 Å². The molecule has 2 heterocycles. The van der Waals surface area contributed by atoms with Crippen molar-refractivity contribution in [2.45, 2.75) is 50.8 Å². The van der Waals surface area contributed by atoms with Gasteiger partial charge in [0.1, 0.15) is 12.0 Å². The van der Waals surface area contributed by atoms with Gasteiger partial charge in [-0.1, -0.05) is 36.4 Å². The molecule has 3 aliphatic rings. The maximum Gasteiger partial charge on any atom is 0.273 e. The van der Waals surface area contributed by atoms with Gasteiger partial charge in [0, 0.05) is 18.5 Å². The highest BCUT2D eigenvalue weighted by atomic mass is 16.5. The van der Waals surface area contributed by atoms with Crippen molar-refractivity contribution in [2.75, 3.05) is 6.54 Å². The van der Waals surface area contributed by atoms with Crippen LogP contribution in [0.5, 0.6) is 5.75 Å². The first kappa shape index (κ1) is 21.0. The van der Waals surface area contributed by atoms with Gasteiger partial charge in [-0.15, -0.1) is 0 Å². The van der Waals surface area contributed by atoms with E-state index in [0.29, 0.717) is 11.6 Å². The number of rotatable bonds is 7. The highest BCUT2D eigenvalue weighted by Gasteiger charge is 2.39. The van der Waals surface area contributed by atoms with E-state index in [2.05, 4.69) is 28.5 Å². The summed E-state index contributed by atoms with van der Waals surface area (Å²) in [4.78, 5) is 31.6. The zero-order valence-electron chi connectivity index (χ0n) is 18.9. The minimum Gasteiger partial charge on any atom is -0.484 e. The molecule has 2 fully saturated rings. The average Bonchev–Trinajstić information content (AvgIpc) is 3.81. The number of amides is 2. The molecule has 7 nitrogen and oxygen atoms in total. The van der Waals surface area contributed by atoms with Gasteiger partial charge in [0.25, 0.3) is 5.91 Å². The number of benzene rings is 2. The van der Waals surface area contributed by atoms with Crippen molar-refractivity contribution >= 4 is 11.8 Å². The molecule has 1 aliphatic heterocycles. The summed E-state index contributed by atoms with van der Waals surface area (Å²) < 4.78 is 11.4. The maximum absolute atomic E-state index is 13.1. The van der Waals surface area contributed by atoms with Crippen LogP contribution in [0.25, 0.3) is 0 Å². The SMILES string of the molecule is O=C(NC1CC1)c1coc(COc2ccc3c(c2)[C@@H](c2ccccc2)N(C(=O)C2CC2)CC3)n1. The van der Waals surface area contributed by atoms with E-state index in [1.165, 1.54) is 11.8 Å². The summed E-state index contributed by atoms with van der Waals surface area (Å²) in [5.41, 5.74) is 3.71. The highest BCUT2D eigenvalue weighted by molar-refractivity contribution is 5.92. The molecule has 0 unspecified atom stereocenters. The van der Waals surface area contributed by atoms with Gasteiger partial charge < -0.3 is 19.4 Å². The molecule has 7 heteroatoms. The summed E-state index contributed by atoms with van der Waals surface area (Å²) in [5.74, 6) is 1.25. The lowest BCUT2D eigenvalue weighted by Gasteiger charge is -2.38. The van der Waals surface area contributed by atoms with Gasteiger partial charge in [0.2, 0.25) is 11.8 Å². The number of fused-ring (bicyclic) bond motifs is 1. The summed E-state index contributed by atoms with van der Waals surface area (Å²) in [6, 6.07) is 16.4. The second kappa shape index (κ2) is 8.63. The molecule has 3 aromatic rings. The van der Waals surface area contributed by atoms with Gasteiger partial charge in [-0.25, -0.2) is 4.98 Å². The normalized spacial score (nSPS) is 19.4. The minimum absolute atomic E-state index is 0.121. The first-order valence-electron chi connectivity index (χ1n) is 12.0. The first-order chi connectivity index (χ1) is 16.7. The first-order valence-corrected chi connectivity index (χ1v) is 12.0. The topological polar surface area (TPSA) is 84.7 Å². The van der Waals surface area contributed by atoms with Crippen LogP contribution in [0.3, 0.4) is 0 Å².